The largest absolute Gasteiger partial charge is 0.350 e. The Morgan fingerprint density at radius 2 is 1.95 bits per heavy atom. The fourth-order valence-electron chi connectivity index (χ4n) is 5.47. The average Bonchev–Trinajstić information content (AvgIpc) is 3.63. The quantitative estimate of drug-likeness (QED) is 0.409. The maximum absolute atomic E-state index is 13.9. The van der Waals surface area contributed by atoms with Crippen molar-refractivity contribution in [3.05, 3.63) is 74.8 Å². The van der Waals surface area contributed by atoms with Gasteiger partial charge in [0.15, 0.2) is 0 Å². The molecule has 2 unspecified atom stereocenters. The fourth-order valence-corrected chi connectivity index (χ4v) is 6.86. The van der Waals surface area contributed by atoms with E-state index in [-0.39, 0.29) is 23.6 Å². The predicted octanol–water partition coefficient (Wildman–Crippen LogP) is 5.17. The topological polar surface area (TPSA) is 82.6 Å². The molecule has 3 amide bonds. The SMILES string of the molecule is Cc1ncsc1-c1ccc(CNC(=O)C2CCCN2C(=O)C(C(C)C)N2Cc3cccc(Br)c3C2=O)cc1. The lowest BCUT2D eigenvalue weighted by Gasteiger charge is -2.35. The maximum atomic E-state index is 13.9. The van der Waals surface area contributed by atoms with Crippen molar-refractivity contribution in [2.45, 2.75) is 58.8 Å². The van der Waals surface area contributed by atoms with E-state index in [1.54, 1.807) is 21.1 Å². The Kier molecular flexibility index (Phi) is 7.68. The minimum atomic E-state index is -0.627. The lowest BCUT2D eigenvalue weighted by atomic mass is 10.0. The monoisotopic (exact) mass is 594 g/mol. The van der Waals surface area contributed by atoms with Crippen LogP contribution in [-0.2, 0) is 22.7 Å². The molecule has 7 nitrogen and oxygen atoms in total. The van der Waals surface area contributed by atoms with Gasteiger partial charge in [0.2, 0.25) is 11.8 Å². The standard InChI is InChI=1S/C29H31BrN4O3S/c1-17(2)25(34-15-21-6-4-7-22(30)24(21)28(34)36)29(37)33-13-5-8-23(33)27(35)31-14-19-9-11-20(12-10-19)26-18(3)32-16-38-26/h4,6-7,9-12,16-17,23,25H,5,8,13-15H2,1-3H3,(H,31,35). The van der Waals surface area contributed by atoms with E-state index < -0.39 is 12.1 Å². The first-order valence-electron chi connectivity index (χ1n) is 12.9. The number of hydrogen-bond donors (Lipinski definition) is 1. The van der Waals surface area contributed by atoms with E-state index in [2.05, 4.69) is 26.2 Å². The van der Waals surface area contributed by atoms with Crippen molar-refractivity contribution in [2.75, 3.05) is 6.54 Å². The number of rotatable bonds is 7. The summed E-state index contributed by atoms with van der Waals surface area (Å²) in [6.07, 6.45) is 1.38. The molecule has 3 aromatic rings. The molecule has 2 aliphatic heterocycles. The van der Waals surface area contributed by atoms with Gasteiger partial charge in [0.25, 0.3) is 5.91 Å². The van der Waals surface area contributed by atoms with Crippen LogP contribution in [0.1, 0.15) is 53.9 Å². The zero-order valence-electron chi connectivity index (χ0n) is 21.7. The third-order valence-corrected chi connectivity index (χ3v) is 9.04. The summed E-state index contributed by atoms with van der Waals surface area (Å²) < 4.78 is 0.742. The highest BCUT2D eigenvalue weighted by Crippen LogP contribution is 2.33. The van der Waals surface area contributed by atoms with Crippen molar-refractivity contribution in [3.63, 3.8) is 0 Å². The molecule has 2 aliphatic rings. The Labute approximate surface area is 235 Å². The molecule has 9 heteroatoms. The Hall–Kier alpha value is -3.04. The van der Waals surface area contributed by atoms with Gasteiger partial charge >= 0.3 is 0 Å². The Morgan fingerprint density at radius 1 is 1.18 bits per heavy atom. The minimum Gasteiger partial charge on any atom is -0.350 e. The average molecular weight is 596 g/mol. The molecule has 1 N–H and O–H groups in total. The molecule has 0 saturated carbocycles. The van der Waals surface area contributed by atoms with Gasteiger partial charge in [-0.25, -0.2) is 4.98 Å². The van der Waals surface area contributed by atoms with Gasteiger partial charge in [-0.2, -0.15) is 0 Å². The maximum Gasteiger partial charge on any atom is 0.256 e. The van der Waals surface area contributed by atoms with E-state index in [1.165, 1.54) is 0 Å². The summed E-state index contributed by atoms with van der Waals surface area (Å²) in [5.41, 5.74) is 6.49. The molecule has 0 radical (unpaired) electrons. The zero-order valence-corrected chi connectivity index (χ0v) is 24.1. The summed E-state index contributed by atoms with van der Waals surface area (Å²) in [6, 6.07) is 12.6. The summed E-state index contributed by atoms with van der Waals surface area (Å²) in [7, 11) is 0. The first kappa shape index (κ1) is 26.6. The van der Waals surface area contributed by atoms with Gasteiger partial charge in [0.1, 0.15) is 12.1 Å². The first-order chi connectivity index (χ1) is 18.3. The fraction of sp³-hybridized carbons (Fsp3) is 0.379. The van der Waals surface area contributed by atoms with Crippen molar-refractivity contribution in [2.24, 2.45) is 5.92 Å². The van der Waals surface area contributed by atoms with Gasteiger partial charge in [-0.1, -0.05) is 50.2 Å². The van der Waals surface area contributed by atoms with Crippen LogP contribution in [-0.4, -0.2) is 51.1 Å². The number of hydrogen-bond acceptors (Lipinski definition) is 5. The Morgan fingerprint density at radius 3 is 2.61 bits per heavy atom. The van der Waals surface area contributed by atoms with Gasteiger partial charge < -0.3 is 15.1 Å². The van der Waals surface area contributed by atoms with E-state index in [0.29, 0.717) is 31.6 Å². The van der Waals surface area contributed by atoms with Crippen LogP contribution in [0.4, 0.5) is 0 Å². The van der Waals surface area contributed by atoms with Crippen molar-refractivity contribution in [1.29, 1.82) is 0 Å². The summed E-state index contributed by atoms with van der Waals surface area (Å²) in [6.45, 7) is 7.20. The number of carbonyl (C=O) groups excluding carboxylic acids is 3. The Balaban J connectivity index is 1.26. The van der Waals surface area contributed by atoms with Crippen LogP contribution in [0.2, 0.25) is 0 Å². The van der Waals surface area contributed by atoms with Gasteiger partial charge in [-0.3, -0.25) is 14.4 Å². The third-order valence-electron chi connectivity index (χ3n) is 7.40. The van der Waals surface area contributed by atoms with Gasteiger partial charge in [-0.05, 0) is 64.4 Å². The molecule has 5 rings (SSSR count). The molecule has 0 spiro atoms. The molecule has 2 aromatic carbocycles. The van der Waals surface area contributed by atoms with Crippen LogP contribution in [0.5, 0.6) is 0 Å². The van der Waals surface area contributed by atoms with Crippen LogP contribution < -0.4 is 5.32 Å². The lowest BCUT2D eigenvalue weighted by molar-refractivity contribution is -0.143. The number of aryl methyl sites for hydroxylation is 1. The number of carbonyl (C=O) groups is 3. The van der Waals surface area contributed by atoms with Crippen LogP contribution in [0.3, 0.4) is 0 Å². The van der Waals surface area contributed by atoms with E-state index in [4.69, 9.17) is 0 Å². The molecule has 0 aliphatic carbocycles. The van der Waals surface area contributed by atoms with Gasteiger partial charge in [0, 0.05) is 24.1 Å². The molecule has 2 atom stereocenters. The second-order valence-electron chi connectivity index (χ2n) is 10.3. The molecule has 198 valence electrons. The van der Waals surface area contributed by atoms with E-state index in [0.717, 1.165) is 38.2 Å². The number of fused-ring (bicyclic) bond motifs is 1. The van der Waals surface area contributed by atoms with E-state index in [9.17, 15) is 14.4 Å². The smallest absolute Gasteiger partial charge is 0.256 e. The molecule has 1 aromatic heterocycles. The van der Waals surface area contributed by atoms with Crippen LogP contribution in [0.25, 0.3) is 10.4 Å². The van der Waals surface area contributed by atoms with E-state index >= 15 is 0 Å². The highest BCUT2D eigenvalue weighted by Gasteiger charge is 2.44. The molecular weight excluding hydrogens is 564 g/mol. The molecule has 1 fully saturated rings. The van der Waals surface area contributed by atoms with Crippen molar-refractivity contribution >= 4 is 45.0 Å². The molecular formula is C29H31BrN4O3S. The molecule has 1 saturated heterocycles. The summed E-state index contributed by atoms with van der Waals surface area (Å²) in [5, 5.41) is 3.03. The second kappa shape index (κ2) is 11.0. The molecule has 3 heterocycles. The highest BCUT2D eigenvalue weighted by molar-refractivity contribution is 9.10. The van der Waals surface area contributed by atoms with Crippen LogP contribution >= 0.6 is 27.3 Å². The van der Waals surface area contributed by atoms with Crippen molar-refractivity contribution in [1.82, 2.24) is 20.1 Å². The minimum absolute atomic E-state index is 0.0930. The van der Waals surface area contributed by atoms with E-state index in [1.807, 2.05) is 68.7 Å². The number of halogens is 1. The normalized spacial score (nSPS) is 17.7. The summed E-state index contributed by atoms with van der Waals surface area (Å²) in [5.74, 6) is -0.542. The Bertz CT molecular complexity index is 1370. The molecule has 0 bridgehead atoms. The summed E-state index contributed by atoms with van der Waals surface area (Å²) in [4.78, 5) is 49.2. The number of thiazole rings is 1. The number of likely N-dealkylation sites (tertiary alicyclic amines) is 1. The summed E-state index contributed by atoms with van der Waals surface area (Å²) >= 11 is 5.10. The predicted molar refractivity (Wildman–Crippen MR) is 152 cm³/mol. The second-order valence-corrected chi connectivity index (χ2v) is 12.0. The number of benzene rings is 2. The third kappa shape index (κ3) is 5.01. The van der Waals surface area contributed by atoms with Crippen molar-refractivity contribution in [3.8, 4) is 10.4 Å². The van der Waals surface area contributed by atoms with Crippen LogP contribution in [0.15, 0.2) is 52.4 Å². The first-order valence-corrected chi connectivity index (χ1v) is 14.6. The van der Waals surface area contributed by atoms with Gasteiger partial charge in [-0.15, -0.1) is 11.3 Å². The highest BCUT2D eigenvalue weighted by atomic mass is 79.9. The number of amides is 3. The van der Waals surface area contributed by atoms with Crippen molar-refractivity contribution < 1.29 is 14.4 Å². The van der Waals surface area contributed by atoms with Gasteiger partial charge in [0.05, 0.1) is 21.6 Å². The number of nitrogens with one attached hydrogen (secondary N) is 1. The van der Waals surface area contributed by atoms with Crippen LogP contribution in [0, 0.1) is 12.8 Å². The number of nitrogens with zero attached hydrogens (tertiary/aromatic N) is 3. The lowest BCUT2D eigenvalue weighted by Crippen LogP contribution is -2.55. The zero-order chi connectivity index (χ0) is 27.0. The molecule has 38 heavy (non-hydrogen) atoms. The number of aromatic nitrogens is 1.